The summed E-state index contributed by atoms with van der Waals surface area (Å²) in [6.07, 6.45) is -0.604. The molecule has 0 aromatic carbocycles. The Hall–Kier alpha value is -0.160. The van der Waals surface area contributed by atoms with Crippen LogP contribution in [0, 0.1) is 0 Å². The molecule has 1 rings (SSSR count). The van der Waals surface area contributed by atoms with E-state index < -0.39 is 6.10 Å². The van der Waals surface area contributed by atoms with E-state index in [9.17, 15) is 0 Å². The number of ether oxygens (including phenoxy) is 1. The van der Waals surface area contributed by atoms with Crippen molar-refractivity contribution >= 4 is 0 Å². The molecule has 0 aliphatic carbocycles. The van der Waals surface area contributed by atoms with Crippen LogP contribution in [0.4, 0.5) is 0 Å². The second-order valence-corrected chi connectivity index (χ2v) is 2.75. The van der Waals surface area contributed by atoms with Crippen LogP contribution in [-0.2, 0) is 4.74 Å². The normalized spacial score (nSPS) is 23.5. The van der Waals surface area contributed by atoms with Crippen LogP contribution in [0.1, 0.15) is 0 Å². The van der Waals surface area contributed by atoms with Gasteiger partial charge in [-0.25, -0.2) is 0 Å². The molecule has 1 heterocycles. The first kappa shape index (κ1) is 8.93. The predicted molar refractivity (Wildman–Crippen MR) is 40.4 cm³/mol. The van der Waals surface area contributed by atoms with Gasteiger partial charge in [-0.3, -0.25) is 4.90 Å². The molecule has 2 N–H and O–H groups in total. The summed E-state index contributed by atoms with van der Waals surface area (Å²) in [6.45, 7) is 3.58. The molecule has 0 unspecified atom stereocenters. The van der Waals surface area contributed by atoms with Gasteiger partial charge in [0, 0.05) is 19.6 Å². The minimum Gasteiger partial charge on any atom is -0.394 e. The van der Waals surface area contributed by atoms with Gasteiger partial charge in [-0.15, -0.1) is 0 Å². The second-order valence-electron chi connectivity index (χ2n) is 2.75. The van der Waals surface area contributed by atoms with Crippen LogP contribution in [0.5, 0.6) is 0 Å². The summed E-state index contributed by atoms with van der Waals surface area (Å²) in [5, 5.41) is 17.6. The number of nitrogens with zero attached hydrogens (tertiary/aromatic N) is 1. The van der Waals surface area contributed by atoms with E-state index in [0.717, 1.165) is 26.3 Å². The fourth-order valence-electron chi connectivity index (χ4n) is 1.14. The van der Waals surface area contributed by atoms with E-state index in [1.807, 2.05) is 0 Å². The van der Waals surface area contributed by atoms with Crippen molar-refractivity contribution in [2.75, 3.05) is 39.5 Å². The molecular formula is C7H15NO3. The molecule has 11 heavy (non-hydrogen) atoms. The summed E-state index contributed by atoms with van der Waals surface area (Å²) >= 11 is 0. The Balaban J connectivity index is 2.13. The highest BCUT2D eigenvalue weighted by Gasteiger charge is 2.13. The van der Waals surface area contributed by atoms with Gasteiger partial charge >= 0.3 is 0 Å². The van der Waals surface area contributed by atoms with Gasteiger partial charge in [-0.05, 0) is 0 Å². The monoisotopic (exact) mass is 161 g/mol. The van der Waals surface area contributed by atoms with Crippen molar-refractivity contribution in [3.8, 4) is 0 Å². The third-order valence-electron chi connectivity index (χ3n) is 1.78. The molecule has 0 radical (unpaired) electrons. The van der Waals surface area contributed by atoms with Crippen molar-refractivity contribution in [2.45, 2.75) is 6.10 Å². The van der Waals surface area contributed by atoms with Crippen molar-refractivity contribution in [3.05, 3.63) is 0 Å². The maximum absolute atomic E-state index is 9.08. The third kappa shape index (κ3) is 3.16. The summed E-state index contributed by atoms with van der Waals surface area (Å²) in [6, 6.07) is 0. The standard InChI is InChI=1S/C7H15NO3/c9-6-7(10)5-8-1-3-11-4-2-8/h7,9-10H,1-6H2/t7-/m0/s1. The van der Waals surface area contributed by atoms with E-state index in [2.05, 4.69) is 4.90 Å². The minimum absolute atomic E-state index is 0.155. The van der Waals surface area contributed by atoms with Crippen LogP contribution in [0.15, 0.2) is 0 Å². The van der Waals surface area contributed by atoms with Crippen LogP contribution in [0.3, 0.4) is 0 Å². The van der Waals surface area contributed by atoms with Gasteiger partial charge in [-0.2, -0.15) is 0 Å². The first-order valence-corrected chi connectivity index (χ1v) is 3.92. The molecular weight excluding hydrogens is 146 g/mol. The number of rotatable bonds is 3. The average Bonchev–Trinajstić information content (AvgIpc) is 2.06. The van der Waals surface area contributed by atoms with E-state index >= 15 is 0 Å². The number of aliphatic hydroxyl groups excluding tert-OH is 2. The summed E-state index contributed by atoms with van der Waals surface area (Å²) in [5.41, 5.74) is 0. The summed E-state index contributed by atoms with van der Waals surface area (Å²) in [7, 11) is 0. The fraction of sp³-hybridized carbons (Fsp3) is 1.00. The molecule has 66 valence electrons. The number of aliphatic hydroxyl groups is 2. The molecule has 1 aliphatic heterocycles. The van der Waals surface area contributed by atoms with Crippen molar-refractivity contribution in [1.82, 2.24) is 4.90 Å². The number of β-amino-alcohol motifs (C(OH)–C–C–N with tert-alkyl or cyclic N) is 1. The quantitative estimate of drug-likeness (QED) is 0.538. The zero-order valence-corrected chi connectivity index (χ0v) is 6.57. The van der Waals surface area contributed by atoms with E-state index in [1.54, 1.807) is 0 Å². The number of hydrogen-bond donors (Lipinski definition) is 2. The lowest BCUT2D eigenvalue weighted by atomic mass is 10.3. The van der Waals surface area contributed by atoms with E-state index in [-0.39, 0.29) is 6.61 Å². The molecule has 0 saturated carbocycles. The van der Waals surface area contributed by atoms with Gasteiger partial charge < -0.3 is 14.9 Å². The first-order chi connectivity index (χ1) is 5.33. The molecule has 1 atom stereocenters. The molecule has 0 bridgehead atoms. The molecule has 0 spiro atoms. The summed E-state index contributed by atoms with van der Waals surface area (Å²) in [5.74, 6) is 0. The van der Waals surface area contributed by atoms with Crippen LogP contribution in [0.25, 0.3) is 0 Å². The van der Waals surface area contributed by atoms with Crippen LogP contribution in [-0.4, -0.2) is 60.7 Å². The molecule has 0 aromatic rings. The maximum atomic E-state index is 9.08. The van der Waals surface area contributed by atoms with Crippen LogP contribution < -0.4 is 0 Å². The van der Waals surface area contributed by atoms with Gasteiger partial charge in [0.05, 0.1) is 25.9 Å². The van der Waals surface area contributed by atoms with E-state index in [0.29, 0.717) is 6.54 Å². The van der Waals surface area contributed by atoms with Crippen molar-refractivity contribution < 1.29 is 14.9 Å². The topological polar surface area (TPSA) is 52.9 Å². The molecule has 1 fully saturated rings. The zero-order chi connectivity index (χ0) is 8.10. The SMILES string of the molecule is OC[C@@H](O)CN1CCOCC1. The average molecular weight is 161 g/mol. The van der Waals surface area contributed by atoms with Gasteiger partial charge in [0.25, 0.3) is 0 Å². The minimum atomic E-state index is -0.604. The highest BCUT2D eigenvalue weighted by molar-refractivity contribution is 4.65. The Morgan fingerprint density at radius 2 is 2.00 bits per heavy atom. The van der Waals surface area contributed by atoms with Crippen molar-refractivity contribution in [2.24, 2.45) is 0 Å². The lowest BCUT2D eigenvalue weighted by Crippen LogP contribution is -2.41. The summed E-state index contributed by atoms with van der Waals surface area (Å²) in [4.78, 5) is 2.09. The molecule has 4 nitrogen and oxygen atoms in total. The Labute approximate surface area is 66.4 Å². The zero-order valence-electron chi connectivity index (χ0n) is 6.57. The van der Waals surface area contributed by atoms with Crippen LogP contribution in [0.2, 0.25) is 0 Å². The van der Waals surface area contributed by atoms with Crippen molar-refractivity contribution in [3.63, 3.8) is 0 Å². The number of hydrogen-bond acceptors (Lipinski definition) is 4. The van der Waals surface area contributed by atoms with Crippen molar-refractivity contribution in [1.29, 1.82) is 0 Å². The third-order valence-corrected chi connectivity index (χ3v) is 1.78. The molecule has 1 saturated heterocycles. The first-order valence-electron chi connectivity index (χ1n) is 3.92. The Morgan fingerprint density at radius 1 is 1.36 bits per heavy atom. The predicted octanol–water partition coefficient (Wildman–Crippen LogP) is -1.33. The highest BCUT2D eigenvalue weighted by atomic mass is 16.5. The van der Waals surface area contributed by atoms with Gasteiger partial charge in [-0.1, -0.05) is 0 Å². The van der Waals surface area contributed by atoms with Crippen LogP contribution >= 0.6 is 0 Å². The number of morpholine rings is 1. The lowest BCUT2D eigenvalue weighted by Gasteiger charge is -2.27. The van der Waals surface area contributed by atoms with E-state index in [1.165, 1.54) is 0 Å². The molecule has 0 aromatic heterocycles. The molecule has 0 amide bonds. The van der Waals surface area contributed by atoms with Gasteiger partial charge in [0.1, 0.15) is 0 Å². The molecule has 1 aliphatic rings. The maximum Gasteiger partial charge on any atom is 0.0897 e. The largest absolute Gasteiger partial charge is 0.394 e. The lowest BCUT2D eigenvalue weighted by molar-refractivity contribution is 0.00171. The Kier molecular flexibility index (Phi) is 3.79. The Bertz CT molecular complexity index is 104. The second kappa shape index (κ2) is 4.66. The fourth-order valence-corrected chi connectivity index (χ4v) is 1.14. The van der Waals surface area contributed by atoms with E-state index in [4.69, 9.17) is 14.9 Å². The van der Waals surface area contributed by atoms with Gasteiger partial charge in [0.15, 0.2) is 0 Å². The molecule has 4 heteroatoms. The summed E-state index contributed by atoms with van der Waals surface area (Å²) < 4.78 is 5.13. The Morgan fingerprint density at radius 3 is 2.55 bits per heavy atom. The smallest absolute Gasteiger partial charge is 0.0897 e. The van der Waals surface area contributed by atoms with Gasteiger partial charge in [0.2, 0.25) is 0 Å². The highest BCUT2D eigenvalue weighted by Crippen LogP contribution is 1.97.